The van der Waals surface area contributed by atoms with E-state index >= 15 is 8.78 Å². The predicted molar refractivity (Wildman–Crippen MR) is 316 cm³/mol. The van der Waals surface area contributed by atoms with Crippen molar-refractivity contribution in [3.05, 3.63) is 87.8 Å². The van der Waals surface area contributed by atoms with Gasteiger partial charge in [-0.3, -0.25) is 19.6 Å². The van der Waals surface area contributed by atoms with E-state index in [1.807, 2.05) is 51.2 Å². The molecule has 0 spiro atoms. The van der Waals surface area contributed by atoms with Crippen molar-refractivity contribution in [2.75, 3.05) is 89.3 Å². The maximum atomic E-state index is 16.5. The van der Waals surface area contributed by atoms with Crippen LogP contribution in [0.25, 0.3) is 32.6 Å². The Morgan fingerprint density at radius 3 is 2.35 bits per heavy atom. The zero-order chi connectivity index (χ0) is 60.1. The standard InChI is InChI=1S/C41H48ClF2N9O6.C18H23N3OS.CH2F2/c1-23(2)30(20-54)32-16-33(49-59-32)50-10-12-51(13-11-50)40(56)57-21-26-6-8-41(7-3-9-53(26)41)22-58-39-47-37-29(38(48-39)52-18-24-4-5-25(19-52)46-24)17-45-36(35(37)44)28-14-27(55)15-31(42)34(28)43;1-12(20-18(22)16-5-4-10-21(16)3)14-6-8-15(9-7-14)17-13(2)19-11-23-17;2-1-3/h14-17,20,23-26,30,46,55H,3-13,18-19,21-22H2,1-2H3;6-9,11-12,16H,4-5,10H2,1-3H3,(H,20,22);1H2/t24?,25?,26-,30?,41+;12-,16-;/m00./s1. The molecule has 6 aliphatic heterocycles. The van der Waals surface area contributed by atoms with Crippen LogP contribution in [0.4, 0.5) is 34.0 Å². The number of anilines is 2. The van der Waals surface area contributed by atoms with Crippen LogP contribution in [0.2, 0.25) is 5.02 Å². The molecular formula is C60H73ClF4N12O7S. The smallest absolute Gasteiger partial charge is 0.409 e. The number of carbonyl (C=O) groups is 3. The number of likely N-dealkylation sites (tertiary alicyclic amines) is 1. The van der Waals surface area contributed by atoms with Gasteiger partial charge in [-0.1, -0.05) is 54.9 Å². The molecule has 6 aliphatic rings. The van der Waals surface area contributed by atoms with E-state index in [1.54, 1.807) is 16.2 Å². The number of rotatable bonds is 15. The Hall–Kier alpha value is -6.73. The topological polar surface area (TPSA) is 208 Å². The molecule has 25 heteroatoms. The molecule has 2 bridgehead atoms. The highest BCUT2D eigenvalue weighted by Crippen LogP contribution is 2.44. The Kier molecular flexibility index (Phi) is 19.4. The van der Waals surface area contributed by atoms with Gasteiger partial charge in [0.2, 0.25) is 12.8 Å². The number of piperazine rings is 2. The lowest BCUT2D eigenvalue weighted by Crippen LogP contribution is -2.51. The van der Waals surface area contributed by atoms with Crippen molar-refractivity contribution in [2.45, 2.75) is 121 Å². The summed E-state index contributed by atoms with van der Waals surface area (Å²) in [5, 5.41) is 21.1. The zero-order valence-corrected chi connectivity index (χ0v) is 50.0. The largest absolute Gasteiger partial charge is 0.508 e. The molecule has 6 fully saturated rings. The van der Waals surface area contributed by atoms with E-state index in [9.17, 15) is 28.3 Å². The summed E-state index contributed by atoms with van der Waals surface area (Å²) >= 11 is 7.67. The highest BCUT2D eigenvalue weighted by Gasteiger charge is 2.50. The van der Waals surface area contributed by atoms with Gasteiger partial charge in [-0.25, -0.2) is 27.3 Å². The number of aldehydes is 1. The molecule has 12 rings (SSSR count). The minimum Gasteiger partial charge on any atom is -0.508 e. The number of aryl methyl sites for hydroxylation is 1. The Labute approximate surface area is 500 Å². The zero-order valence-electron chi connectivity index (χ0n) is 48.4. The number of phenols is 1. The molecule has 3 unspecified atom stereocenters. The molecule has 10 heterocycles. The molecule has 0 radical (unpaired) electrons. The summed E-state index contributed by atoms with van der Waals surface area (Å²) in [6.07, 6.45) is 9.53. The number of nitrogens with zero attached hydrogens (tertiary/aromatic N) is 10. The van der Waals surface area contributed by atoms with Gasteiger partial charge in [0.05, 0.1) is 50.0 Å². The molecule has 0 aliphatic carbocycles. The van der Waals surface area contributed by atoms with Gasteiger partial charge < -0.3 is 49.2 Å². The van der Waals surface area contributed by atoms with Gasteiger partial charge in [-0.2, -0.15) is 9.97 Å². The van der Waals surface area contributed by atoms with Crippen LogP contribution < -0.4 is 25.2 Å². The number of hydrogen-bond acceptors (Lipinski definition) is 18. The molecule has 2 aromatic carbocycles. The van der Waals surface area contributed by atoms with E-state index in [-0.39, 0.29) is 106 Å². The lowest BCUT2D eigenvalue weighted by Gasteiger charge is -2.36. The number of phenolic OH excluding ortho intramolecular Hbond substituents is 1. The fourth-order valence-corrected chi connectivity index (χ4v) is 13.9. The number of pyridine rings is 1. The molecule has 19 nitrogen and oxygen atoms in total. The van der Waals surface area contributed by atoms with Crippen molar-refractivity contribution in [3.63, 3.8) is 0 Å². The van der Waals surface area contributed by atoms with Gasteiger partial charge in [0.15, 0.2) is 17.5 Å². The average Bonchev–Trinajstić information content (AvgIpc) is 3.97. The summed E-state index contributed by atoms with van der Waals surface area (Å²) in [6, 6.07) is 12.9. The quantitative estimate of drug-likeness (QED) is 0.0646. The van der Waals surface area contributed by atoms with E-state index in [0.717, 1.165) is 94.1 Å². The molecule has 4 aromatic heterocycles. The molecule has 6 saturated heterocycles. The van der Waals surface area contributed by atoms with Gasteiger partial charge >= 0.3 is 12.1 Å². The first-order valence-corrected chi connectivity index (χ1v) is 30.4. The fourth-order valence-electron chi connectivity index (χ4n) is 12.9. The Balaban J connectivity index is 0.000000257. The monoisotopic (exact) mass is 1220 g/mol. The highest BCUT2D eigenvalue weighted by molar-refractivity contribution is 7.13. The third kappa shape index (κ3) is 13.5. The number of amides is 2. The van der Waals surface area contributed by atoms with Crippen LogP contribution in [0, 0.1) is 24.5 Å². The number of likely N-dealkylation sites (N-methyl/N-ethyl adjacent to an activating group) is 1. The summed E-state index contributed by atoms with van der Waals surface area (Å²) in [4.78, 5) is 66.8. The Morgan fingerprint density at radius 1 is 0.941 bits per heavy atom. The van der Waals surface area contributed by atoms with Gasteiger partial charge in [0.25, 0.3) is 0 Å². The minimum absolute atomic E-state index is 0.00408. The molecule has 2 amide bonds. The van der Waals surface area contributed by atoms with Crippen molar-refractivity contribution in [1.29, 1.82) is 0 Å². The summed E-state index contributed by atoms with van der Waals surface area (Å²) in [6.45, 7) is 11.9. The lowest BCUT2D eigenvalue weighted by atomic mass is 9.95. The van der Waals surface area contributed by atoms with Gasteiger partial charge in [0.1, 0.15) is 48.0 Å². The van der Waals surface area contributed by atoms with Crippen LogP contribution >= 0.6 is 22.9 Å². The molecule has 85 heavy (non-hydrogen) atoms. The van der Waals surface area contributed by atoms with Gasteiger partial charge in [0, 0.05) is 81.3 Å². The number of carbonyl (C=O) groups excluding carboxylic acids is 3. The maximum Gasteiger partial charge on any atom is 0.409 e. The molecule has 3 N–H and O–H groups in total. The van der Waals surface area contributed by atoms with Crippen LogP contribution in [0.3, 0.4) is 0 Å². The molecule has 6 aromatic rings. The number of alkyl halides is 2. The number of halogens is 5. The second kappa shape index (κ2) is 26.9. The number of aromatic nitrogens is 5. The van der Waals surface area contributed by atoms with E-state index in [2.05, 4.69) is 69.7 Å². The van der Waals surface area contributed by atoms with E-state index in [4.69, 9.17) is 30.6 Å². The average molecular weight is 1220 g/mol. The fraction of sp³-hybridized carbons (Fsp3) is 0.533. The molecule has 0 saturated carbocycles. The van der Waals surface area contributed by atoms with Gasteiger partial charge in [-0.15, -0.1) is 11.3 Å². The third-order valence-corrected chi connectivity index (χ3v) is 18.8. The first kappa shape index (κ1) is 61.4. The van der Waals surface area contributed by atoms with Crippen molar-refractivity contribution in [1.82, 2.24) is 50.4 Å². The predicted octanol–water partition coefficient (Wildman–Crippen LogP) is 9.80. The Morgan fingerprint density at radius 2 is 1.68 bits per heavy atom. The summed E-state index contributed by atoms with van der Waals surface area (Å²) < 4.78 is 68.8. The van der Waals surface area contributed by atoms with Crippen LogP contribution in [0.1, 0.15) is 101 Å². The molecule has 456 valence electrons. The molecule has 7 atom stereocenters. The van der Waals surface area contributed by atoms with Crippen LogP contribution in [-0.2, 0) is 14.3 Å². The minimum atomic E-state index is -1.75. The second-order valence-corrected chi connectivity index (χ2v) is 24.5. The van der Waals surface area contributed by atoms with Crippen molar-refractivity contribution in [3.8, 4) is 33.5 Å². The number of aromatic hydroxyl groups is 1. The van der Waals surface area contributed by atoms with Crippen LogP contribution in [0.15, 0.2) is 58.7 Å². The van der Waals surface area contributed by atoms with E-state index in [0.29, 0.717) is 62.1 Å². The second-order valence-electron chi connectivity index (χ2n) is 23.3. The summed E-state index contributed by atoms with van der Waals surface area (Å²) in [7, 11) is 2.02. The van der Waals surface area contributed by atoms with Crippen LogP contribution in [-0.4, -0.2) is 172 Å². The summed E-state index contributed by atoms with van der Waals surface area (Å²) in [5.41, 5.74) is 4.23. The number of ether oxygens (including phenoxy) is 2. The van der Waals surface area contributed by atoms with Crippen LogP contribution in [0.5, 0.6) is 11.8 Å². The number of nitrogens with one attached hydrogen (secondary N) is 2. The van der Waals surface area contributed by atoms with Gasteiger partial charge in [-0.05, 0) is 108 Å². The number of hydrogen-bond donors (Lipinski definition) is 3. The lowest BCUT2D eigenvalue weighted by molar-refractivity contribution is -0.125. The molecular weight excluding hydrogens is 1140 g/mol. The number of benzene rings is 2. The van der Waals surface area contributed by atoms with Crippen molar-refractivity contribution >= 4 is 63.8 Å². The number of fused-ring (bicyclic) bond motifs is 4. The SMILES string of the molecule is CC(C)C(C=O)c1cc(N2CCN(C(=O)OC[C@@H]3CC[C@@]4(COc5nc(N6CC7CCC(C6)N7)c6cnc(-c7cc(O)cc(Cl)c7F)c(F)c6n5)CCCN34)CC2)no1.Cc1ncsc1-c1ccc([C@H](C)NC(=O)[C@@H]2CCCN2C)cc1.FCF. The maximum absolute atomic E-state index is 16.5. The number of thiazole rings is 1. The normalized spacial score (nSPS) is 22.8. The highest BCUT2D eigenvalue weighted by atomic mass is 35.5. The first-order chi connectivity index (χ1) is 41.0. The summed E-state index contributed by atoms with van der Waals surface area (Å²) in [5.74, 6) is -0.538. The van der Waals surface area contributed by atoms with E-state index < -0.39 is 18.6 Å². The van der Waals surface area contributed by atoms with E-state index in [1.165, 1.54) is 16.6 Å². The Bertz CT molecular complexity index is 3310. The third-order valence-electron chi connectivity index (χ3n) is 17.5. The first-order valence-electron chi connectivity index (χ1n) is 29.1. The van der Waals surface area contributed by atoms with Crippen molar-refractivity contribution < 1.29 is 51.0 Å². The van der Waals surface area contributed by atoms with Crippen molar-refractivity contribution in [2.24, 2.45) is 5.92 Å².